The lowest BCUT2D eigenvalue weighted by molar-refractivity contribution is -0.958. The van der Waals surface area contributed by atoms with Gasteiger partial charge in [0.25, 0.3) is 0 Å². The molecule has 4 nitrogen and oxygen atoms in total. The summed E-state index contributed by atoms with van der Waals surface area (Å²) in [4.78, 5) is 12.9. The monoisotopic (exact) mass is 461 g/mol. The van der Waals surface area contributed by atoms with Crippen LogP contribution in [0.1, 0.15) is 29.5 Å². The number of halogens is 1. The van der Waals surface area contributed by atoms with Crippen molar-refractivity contribution in [3.63, 3.8) is 0 Å². The van der Waals surface area contributed by atoms with Crippen LogP contribution >= 0.6 is 11.6 Å². The normalized spacial score (nSPS) is 23.8. The fourth-order valence-corrected chi connectivity index (χ4v) is 5.65. The summed E-state index contributed by atoms with van der Waals surface area (Å²) in [6.45, 7) is 4.00. The molecule has 2 bridgehead atoms. The minimum Gasteiger partial charge on any atom is -0.440 e. The number of nitrogens with zero attached hydrogens (tertiary/aromatic N) is 1. The van der Waals surface area contributed by atoms with E-state index in [2.05, 4.69) is 29.6 Å². The molecule has 0 saturated carbocycles. The molecule has 1 unspecified atom stereocenters. The molecule has 3 heterocycles. The molecule has 33 heavy (non-hydrogen) atoms. The topological polar surface area (TPSA) is 38.3 Å². The number of quaternary nitrogens is 1. The molecule has 1 N–H and O–H groups in total. The van der Waals surface area contributed by atoms with Gasteiger partial charge >= 0.3 is 6.09 Å². The molecule has 0 spiro atoms. The fourth-order valence-electron chi connectivity index (χ4n) is 5.45. The van der Waals surface area contributed by atoms with Gasteiger partial charge in [0.1, 0.15) is 13.1 Å². The van der Waals surface area contributed by atoms with Gasteiger partial charge in [-0.25, -0.2) is 4.79 Å². The molecule has 0 aliphatic carbocycles. The second kappa shape index (κ2) is 9.58. The summed E-state index contributed by atoms with van der Waals surface area (Å²) in [5, 5.41) is 3.84. The van der Waals surface area contributed by atoms with Crippen molar-refractivity contribution in [3.05, 3.63) is 101 Å². The van der Waals surface area contributed by atoms with Gasteiger partial charge in [0, 0.05) is 35.0 Å². The van der Waals surface area contributed by atoms with Crippen LogP contribution in [0.5, 0.6) is 0 Å². The Kier molecular flexibility index (Phi) is 6.39. The van der Waals surface area contributed by atoms with Gasteiger partial charge in [0.2, 0.25) is 0 Å². The Hall–Kier alpha value is -2.82. The second-order valence-corrected chi connectivity index (χ2v) is 9.85. The van der Waals surface area contributed by atoms with E-state index in [4.69, 9.17) is 16.3 Å². The molecule has 3 saturated heterocycles. The zero-order valence-electron chi connectivity index (χ0n) is 18.8. The van der Waals surface area contributed by atoms with Crippen molar-refractivity contribution >= 4 is 23.4 Å². The van der Waals surface area contributed by atoms with Crippen molar-refractivity contribution in [2.75, 3.05) is 25.0 Å². The molecule has 3 aliphatic rings. The highest BCUT2D eigenvalue weighted by Gasteiger charge is 2.47. The van der Waals surface area contributed by atoms with Crippen molar-refractivity contribution in [1.29, 1.82) is 0 Å². The van der Waals surface area contributed by atoms with Gasteiger partial charge in [-0.15, -0.1) is 0 Å². The number of para-hydroxylation sites is 1. The number of fused-ring (bicyclic) bond motifs is 3. The summed E-state index contributed by atoms with van der Waals surface area (Å²) in [7, 11) is 0. The van der Waals surface area contributed by atoms with Gasteiger partial charge in [0.05, 0.1) is 13.1 Å². The van der Waals surface area contributed by atoms with Crippen LogP contribution in [-0.2, 0) is 17.7 Å². The predicted octanol–water partition coefficient (Wildman–Crippen LogP) is 6.29. The number of piperidine rings is 3. The van der Waals surface area contributed by atoms with Crippen LogP contribution < -0.4 is 5.32 Å². The van der Waals surface area contributed by atoms with Crippen LogP contribution in [0, 0.1) is 5.92 Å². The smallest absolute Gasteiger partial charge is 0.412 e. The molecular formula is C28H30ClN2O2+. The SMILES string of the molecule is O=C(Nc1ccccc1Cc1ccccc1)OC1C[N+]2(Cc3ccccc3Cl)CCC1CC2. The van der Waals surface area contributed by atoms with Crippen molar-refractivity contribution in [1.82, 2.24) is 0 Å². The Bertz CT molecular complexity index is 1110. The van der Waals surface area contributed by atoms with Gasteiger partial charge in [0.15, 0.2) is 6.10 Å². The average Bonchev–Trinajstić information content (AvgIpc) is 2.83. The first-order valence-corrected chi connectivity index (χ1v) is 12.2. The number of nitrogens with one attached hydrogen (secondary N) is 1. The third-order valence-corrected chi connectivity index (χ3v) is 7.62. The quantitative estimate of drug-likeness (QED) is 0.438. The van der Waals surface area contributed by atoms with Gasteiger partial charge in [-0.05, 0) is 29.7 Å². The zero-order chi connectivity index (χ0) is 22.7. The van der Waals surface area contributed by atoms with E-state index in [1.165, 1.54) is 11.1 Å². The maximum Gasteiger partial charge on any atom is 0.412 e. The van der Waals surface area contributed by atoms with E-state index in [9.17, 15) is 4.79 Å². The molecular weight excluding hydrogens is 432 g/mol. The molecule has 5 heteroatoms. The number of carbonyl (C=O) groups excluding carboxylic acids is 1. The van der Waals surface area contributed by atoms with Crippen LogP contribution in [0.4, 0.5) is 10.5 Å². The first-order valence-electron chi connectivity index (χ1n) is 11.8. The van der Waals surface area contributed by atoms with Crippen LogP contribution in [0.2, 0.25) is 5.02 Å². The molecule has 3 aromatic carbocycles. The van der Waals surface area contributed by atoms with E-state index in [1.807, 2.05) is 54.6 Å². The van der Waals surface area contributed by atoms with Gasteiger partial charge < -0.3 is 9.22 Å². The molecule has 3 fully saturated rings. The number of ether oxygens (including phenoxy) is 1. The van der Waals surface area contributed by atoms with E-state index in [0.29, 0.717) is 5.92 Å². The van der Waals surface area contributed by atoms with Crippen molar-refractivity contribution in [2.24, 2.45) is 5.92 Å². The molecule has 1 atom stereocenters. The van der Waals surface area contributed by atoms with E-state index >= 15 is 0 Å². The zero-order valence-corrected chi connectivity index (χ0v) is 19.5. The summed E-state index contributed by atoms with van der Waals surface area (Å²) in [6, 6.07) is 26.3. The Balaban J connectivity index is 1.25. The standard InChI is InChI=1S/C28H29ClN2O2/c29-25-12-6-4-11-24(25)19-31-16-14-22(15-17-31)27(20-31)33-28(32)30-26-13-7-5-10-23(26)18-21-8-2-1-3-9-21/h1-13,22,27H,14-20H2/p+1. The van der Waals surface area contributed by atoms with Crippen LogP contribution in [0.3, 0.4) is 0 Å². The van der Waals surface area contributed by atoms with Crippen LogP contribution in [0.25, 0.3) is 0 Å². The molecule has 170 valence electrons. The lowest BCUT2D eigenvalue weighted by atomic mass is 9.83. The highest BCUT2D eigenvalue weighted by Crippen LogP contribution is 2.38. The largest absolute Gasteiger partial charge is 0.440 e. The summed E-state index contributed by atoms with van der Waals surface area (Å²) >= 11 is 6.45. The number of anilines is 1. The molecule has 0 radical (unpaired) electrons. The van der Waals surface area contributed by atoms with Crippen LogP contribution in [0.15, 0.2) is 78.9 Å². The van der Waals surface area contributed by atoms with Crippen molar-refractivity contribution < 1.29 is 14.0 Å². The highest BCUT2D eigenvalue weighted by molar-refractivity contribution is 6.31. The Labute approximate surface area is 200 Å². The number of carbonyl (C=O) groups is 1. The number of amides is 1. The fraction of sp³-hybridized carbons (Fsp3) is 0.321. The van der Waals surface area contributed by atoms with E-state index in [0.717, 1.165) is 66.2 Å². The Morgan fingerprint density at radius 3 is 2.33 bits per heavy atom. The lowest BCUT2D eigenvalue weighted by Crippen LogP contribution is -2.63. The summed E-state index contributed by atoms with van der Waals surface area (Å²) in [6.07, 6.45) is 2.53. The molecule has 3 aliphatic heterocycles. The van der Waals surface area contributed by atoms with Crippen LogP contribution in [-0.4, -0.2) is 36.3 Å². The van der Waals surface area contributed by atoms with E-state index < -0.39 is 0 Å². The van der Waals surface area contributed by atoms with E-state index in [1.54, 1.807) is 0 Å². The molecule has 0 aromatic heterocycles. The second-order valence-electron chi connectivity index (χ2n) is 9.45. The number of hydrogen-bond acceptors (Lipinski definition) is 2. The molecule has 1 amide bonds. The summed E-state index contributed by atoms with van der Waals surface area (Å²) in [5.74, 6) is 0.446. The van der Waals surface area contributed by atoms with Gasteiger partial charge in [-0.1, -0.05) is 78.3 Å². The summed E-state index contributed by atoms with van der Waals surface area (Å²) in [5.41, 5.74) is 4.28. The van der Waals surface area contributed by atoms with E-state index in [-0.39, 0.29) is 12.2 Å². The van der Waals surface area contributed by atoms with Crippen molar-refractivity contribution in [2.45, 2.75) is 31.9 Å². The molecule has 6 rings (SSSR count). The predicted molar refractivity (Wildman–Crippen MR) is 132 cm³/mol. The first kappa shape index (κ1) is 22.0. The van der Waals surface area contributed by atoms with Crippen molar-refractivity contribution in [3.8, 4) is 0 Å². The molecule has 3 aromatic rings. The third-order valence-electron chi connectivity index (χ3n) is 7.25. The minimum absolute atomic E-state index is 0.0590. The lowest BCUT2D eigenvalue weighted by Gasteiger charge is -2.52. The maximum atomic E-state index is 12.9. The Morgan fingerprint density at radius 2 is 1.58 bits per heavy atom. The van der Waals surface area contributed by atoms with Gasteiger partial charge in [-0.2, -0.15) is 0 Å². The third kappa shape index (κ3) is 5.07. The Morgan fingerprint density at radius 1 is 0.909 bits per heavy atom. The number of benzene rings is 3. The number of hydrogen-bond donors (Lipinski definition) is 1. The number of rotatable bonds is 6. The summed E-state index contributed by atoms with van der Waals surface area (Å²) < 4.78 is 6.98. The first-order chi connectivity index (χ1) is 16.1. The highest BCUT2D eigenvalue weighted by atomic mass is 35.5. The minimum atomic E-state index is -0.356. The average molecular weight is 462 g/mol. The maximum absolute atomic E-state index is 12.9. The van der Waals surface area contributed by atoms with Gasteiger partial charge in [-0.3, -0.25) is 5.32 Å².